The minimum atomic E-state index is -1.86. The molecule has 8 heteroatoms. The molecule has 0 unspecified atom stereocenters. The normalized spacial score (nSPS) is 38.1. The first-order valence-corrected chi connectivity index (χ1v) is 9.07. The van der Waals surface area contributed by atoms with Crippen LogP contribution in [0.15, 0.2) is 36.5 Å². The van der Waals surface area contributed by atoms with Crippen molar-refractivity contribution in [1.29, 1.82) is 0 Å². The zero-order valence-electron chi connectivity index (χ0n) is 14.7. The average molecular weight is 397 g/mol. The first-order valence-electron chi connectivity index (χ1n) is 8.54. The quantitative estimate of drug-likeness (QED) is 0.311. The Morgan fingerprint density at radius 1 is 1.33 bits per heavy atom. The van der Waals surface area contributed by atoms with Crippen molar-refractivity contribution in [2.24, 2.45) is 17.8 Å². The molecule has 3 aliphatic rings. The Labute approximate surface area is 161 Å². The molecule has 0 bridgehead atoms. The van der Waals surface area contributed by atoms with Gasteiger partial charge in [-0.1, -0.05) is 25.3 Å². The summed E-state index contributed by atoms with van der Waals surface area (Å²) in [7, 11) is 0. The minimum Gasteiger partial charge on any atom is -0.458 e. The molecule has 0 aromatic rings. The van der Waals surface area contributed by atoms with E-state index in [1.165, 1.54) is 0 Å². The number of fused-ring (bicyclic) bond motifs is 3. The van der Waals surface area contributed by atoms with Gasteiger partial charge >= 0.3 is 11.9 Å². The predicted molar refractivity (Wildman–Crippen MR) is 94.6 cm³/mol. The molecular weight excluding hydrogens is 376 g/mol. The number of ketones is 1. The summed E-state index contributed by atoms with van der Waals surface area (Å²) >= 11 is 5.92. The highest BCUT2D eigenvalue weighted by Gasteiger charge is 2.64. The maximum atomic E-state index is 12.4. The van der Waals surface area contributed by atoms with E-state index >= 15 is 0 Å². The molecule has 3 rings (SSSR count). The van der Waals surface area contributed by atoms with E-state index in [4.69, 9.17) is 26.2 Å². The number of Topliss-reactive ketones (excluding diaryl/α,β-unsaturated/α-hetero) is 1. The van der Waals surface area contributed by atoms with Crippen molar-refractivity contribution in [3.05, 3.63) is 36.5 Å². The largest absolute Gasteiger partial charge is 0.458 e. The molecule has 0 radical (unpaired) electrons. The van der Waals surface area contributed by atoms with Gasteiger partial charge in [-0.05, 0) is 5.92 Å². The van der Waals surface area contributed by atoms with Crippen molar-refractivity contribution in [3.8, 4) is 0 Å². The van der Waals surface area contributed by atoms with E-state index in [0.717, 1.165) is 0 Å². The second-order valence-electron chi connectivity index (χ2n) is 7.31. The molecule has 0 aromatic carbocycles. The lowest BCUT2D eigenvalue weighted by molar-refractivity contribution is -0.155. The Bertz CT molecular complexity index is 757. The van der Waals surface area contributed by atoms with Gasteiger partial charge in [0.25, 0.3) is 0 Å². The van der Waals surface area contributed by atoms with Crippen molar-refractivity contribution in [2.45, 2.75) is 30.7 Å². The summed E-state index contributed by atoms with van der Waals surface area (Å²) < 4.78 is 10.9. The molecule has 1 saturated heterocycles. The highest BCUT2D eigenvalue weighted by molar-refractivity contribution is 6.21. The molecule has 0 spiro atoms. The molecule has 27 heavy (non-hydrogen) atoms. The number of esters is 2. The van der Waals surface area contributed by atoms with Gasteiger partial charge in [-0.25, -0.2) is 9.59 Å². The van der Waals surface area contributed by atoms with E-state index in [-0.39, 0.29) is 29.9 Å². The molecule has 146 valence electrons. The summed E-state index contributed by atoms with van der Waals surface area (Å²) in [6.07, 6.45) is -1.60. The molecule has 1 aliphatic heterocycles. The number of carbonyl (C=O) groups is 3. The smallest absolute Gasteiger partial charge is 0.336 e. The zero-order chi connectivity index (χ0) is 20.1. The van der Waals surface area contributed by atoms with E-state index in [1.54, 1.807) is 0 Å². The fourth-order valence-corrected chi connectivity index (χ4v) is 4.69. The Morgan fingerprint density at radius 2 is 2.00 bits per heavy atom. The average Bonchev–Trinajstić information content (AvgIpc) is 3.03. The number of rotatable bonds is 4. The third kappa shape index (κ3) is 2.94. The second-order valence-corrected chi connectivity index (χ2v) is 7.57. The summed E-state index contributed by atoms with van der Waals surface area (Å²) in [4.78, 5) is 36.7. The number of ether oxygens (including phenoxy) is 2. The number of carbonyl (C=O) groups excluding carboxylic acids is 3. The van der Waals surface area contributed by atoms with Crippen LogP contribution >= 0.6 is 11.6 Å². The number of aliphatic hydroxyl groups excluding tert-OH is 1. The van der Waals surface area contributed by atoms with Crippen LogP contribution in [0.25, 0.3) is 0 Å². The SMILES string of the molecule is C=C(CO)C(=O)O[C@H]1CC(=C)[C@@H]2CC(=O)[C@](O)(CCl)[C@@H]2[C@H]2OC(=O)C(=C)[C@@H]21. The highest BCUT2D eigenvalue weighted by atomic mass is 35.5. The van der Waals surface area contributed by atoms with Crippen molar-refractivity contribution >= 4 is 29.3 Å². The number of alkyl halides is 1. The lowest BCUT2D eigenvalue weighted by Crippen LogP contribution is -2.50. The lowest BCUT2D eigenvalue weighted by atomic mass is 9.77. The van der Waals surface area contributed by atoms with E-state index < -0.39 is 59.9 Å². The van der Waals surface area contributed by atoms with Crippen LogP contribution < -0.4 is 0 Å². The number of aliphatic hydroxyl groups is 2. The zero-order valence-corrected chi connectivity index (χ0v) is 15.4. The van der Waals surface area contributed by atoms with E-state index in [1.807, 2.05) is 0 Å². The standard InChI is InChI=1S/C19H21ClO7/c1-8-4-12(26-17(23)9(2)6-21)14-10(3)18(24)27-16(14)15-11(8)5-13(22)19(15,25)7-20/h11-12,14-16,21,25H,1-7H2/t11-,12-,14+,15-,16-,19+/m0/s1. The van der Waals surface area contributed by atoms with Crippen molar-refractivity contribution < 1.29 is 34.1 Å². The Morgan fingerprint density at radius 3 is 2.59 bits per heavy atom. The van der Waals surface area contributed by atoms with E-state index in [0.29, 0.717) is 5.57 Å². The van der Waals surface area contributed by atoms with Gasteiger partial charge in [0, 0.05) is 24.3 Å². The monoisotopic (exact) mass is 396 g/mol. The number of halogens is 1. The van der Waals surface area contributed by atoms with Crippen LogP contribution in [0, 0.1) is 17.8 Å². The van der Waals surface area contributed by atoms with Gasteiger partial charge in [0.15, 0.2) is 5.78 Å². The number of hydrogen-bond donors (Lipinski definition) is 2. The molecule has 2 N–H and O–H groups in total. The van der Waals surface area contributed by atoms with E-state index in [9.17, 15) is 19.5 Å². The molecule has 0 amide bonds. The molecule has 3 fully saturated rings. The molecule has 1 heterocycles. The molecular formula is C19H21ClO7. The highest BCUT2D eigenvalue weighted by Crippen LogP contribution is 2.53. The second kappa shape index (κ2) is 6.89. The van der Waals surface area contributed by atoms with Crippen LogP contribution in [0.1, 0.15) is 12.8 Å². The Kier molecular flexibility index (Phi) is 5.05. The van der Waals surface area contributed by atoms with Crippen molar-refractivity contribution in [3.63, 3.8) is 0 Å². The molecule has 2 aliphatic carbocycles. The van der Waals surface area contributed by atoms with Crippen molar-refractivity contribution in [1.82, 2.24) is 0 Å². The van der Waals surface area contributed by atoms with Gasteiger partial charge in [-0.2, -0.15) is 0 Å². The van der Waals surface area contributed by atoms with E-state index in [2.05, 4.69) is 19.7 Å². The first kappa shape index (κ1) is 19.8. The van der Waals surface area contributed by atoms with Crippen LogP contribution in [0.2, 0.25) is 0 Å². The summed E-state index contributed by atoms with van der Waals surface area (Å²) in [6.45, 7) is 10.6. The molecule has 7 nitrogen and oxygen atoms in total. The van der Waals surface area contributed by atoms with Crippen LogP contribution in [0.5, 0.6) is 0 Å². The topological polar surface area (TPSA) is 110 Å². The summed E-state index contributed by atoms with van der Waals surface area (Å²) in [6, 6.07) is 0. The minimum absolute atomic E-state index is 0.0178. The van der Waals surface area contributed by atoms with Crippen molar-refractivity contribution in [2.75, 3.05) is 12.5 Å². The van der Waals surface area contributed by atoms with Gasteiger partial charge in [0.05, 0.1) is 24.0 Å². The number of hydrogen-bond acceptors (Lipinski definition) is 7. The third-order valence-corrected chi connectivity index (χ3v) is 6.23. The fraction of sp³-hybridized carbons (Fsp3) is 0.526. The molecule has 6 atom stereocenters. The third-order valence-electron chi connectivity index (χ3n) is 5.82. The fourth-order valence-electron chi connectivity index (χ4n) is 4.36. The maximum Gasteiger partial charge on any atom is 0.336 e. The Balaban J connectivity index is 2.03. The molecule has 2 saturated carbocycles. The molecule has 0 aromatic heterocycles. The van der Waals surface area contributed by atoms with Gasteiger partial charge in [-0.3, -0.25) is 4.79 Å². The van der Waals surface area contributed by atoms with Crippen LogP contribution in [0.4, 0.5) is 0 Å². The van der Waals surface area contributed by atoms with Crippen LogP contribution in [0.3, 0.4) is 0 Å². The Hall–Kier alpha value is -1.96. The van der Waals surface area contributed by atoms with Gasteiger partial charge in [-0.15, -0.1) is 11.6 Å². The predicted octanol–water partition coefficient (Wildman–Crippen LogP) is 0.679. The van der Waals surface area contributed by atoms with Gasteiger partial charge in [0.2, 0.25) is 0 Å². The summed E-state index contributed by atoms with van der Waals surface area (Å²) in [5.41, 5.74) is -1.31. The van der Waals surface area contributed by atoms with Gasteiger partial charge < -0.3 is 19.7 Å². The van der Waals surface area contributed by atoms with Crippen LogP contribution in [-0.4, -0.2) is 58.2 Å². The van der Waals surface area contributed by atoms with Crippen LogP contribution in [-0.2, 0) is 23.9 Å². The summed E-state index contributed by atoms with van der Waals surface area (Å²) in [5, 5.41) is 20.0. The maximum absolute atomic E-state index is 12.4. The van der Waals surface area contributed by atoms with Gasteiger partial charge in [0.1, 0.15) is 17.8 Å². The lowest BCUT2D eigenvalue weighted by Gasteiger charge is -2.34. The summed E-state index contributed by atoms with van der Waals surface area (Å²) in [5.74, 6) is -4.28. The first-order chi connectivity index (χ1) is 12.7.